The molecule has 1 aliphatic rings. The van der Waals surface area contributed by atoms with Crippen molar-refractivity contribution in [3.05, 3.63) is 77.2 Å². The van der Waals surface area contributed by atoms with Crippen molar-refractivity contribution in [2.75, 3.05) is 38.7 Å². The van der Waals surface area contributed by atoms with Crippen LogP contribution in [0.1, 0.15) is 50.7 Å². The van der Waals surface area contributed by atoms with Crippen molar-refractivity contribution in [3.63, 3.8) is 0 Å². The maximum Gasteiger partial charge on any atom is 0.261 e. The molecule has 188 valence electrons. The quantitative estimate of drug-likeness (QED) is 0.404. The van der Waals surface area contributed by atoms with Gasteiger partial charge in [0, 0.05) is 23.9 Å². The predicted molar refractivity (Wildman–Crippen MR) is 134 cm³/mol. The summed E-state index contributed by atoms with van der Waals surface area (Å²) in [4.78, 5) is 41.9. The first-order chi connectivity index (χ1) is 17.4. The van der Waals surface area contributed by atoms with Gasteiger partial charge in [0.05, 0.1) is 31.0 Å². The maximum atomic E-state index is 13.0. The zero-order valence-electron chi connectivity index (χ0n) is 20.6. The minimum absolute atomic E-state index is 0.0315. The molecule has 0 atom stereocenters. The Morgan fingerprint density at radius 3 is 2.47 bits per heavy atom. The van der Waals surface area contributed by atoms with Crippen molar-refractivity contribution in [2.24, 2.45) is 0 Å². The number of amides is 3. The summed E-state index contributed by atoms with van der Waals surface area (Å²) in [5.74, 6) is 0.282. The van der Waals surface area contributed by atoms with E-state index >= 15 is 0 Å². The summed E-state index contributed by atoms with van der Waals surface area (Å²) in [5.41, 5.74) is 1.22. The molecule has 0 radical (unpaired) electrons. The number of methoxy groups -OCH3 is 1. The highest BCUT2D eigenvalue weighted by Crippen LogP contribution is 2.31. The molecule has 4 rings (SSSR count). The molecule has 0 bridgehead atoms. The molecule has 1 N–H and O–H groups in total. The number of carbonyl (C=O) groups excluding carboxylic acids is 3. The molecule has 1 aliphatic heterocycles. The first kappa shape index (κ1) is 25.0. The number of fused-ring (bicyclic) bond motifs is 1. The van der Waals surface area contributed by atoms with Crippen molar-refractivity contribution in [2.45, 2.75) is 20.4 Å². The maximum absolute atomic E-state index is 13.0. The zero-order chi connectivity index (χ0) is 25.7. The predicted octanol–water partition coefficient (Wildman–Crippen LogP) is 4.06. The van der Waals surface area contributed by atoms with E-state index in [1.807, 2.05) is 0 Å². The second-order valence-corrected chi connectivity index (χ2v) is 8.23. The van der Waals surface area contributed by atoms with Gasteiger partial charge in [-0.1, -0.05) is 13.8 Å². The second-order valence-electron chi connectivity index (χ2n) is 8.23. The van der Waals surface area contributed by atoms with Crippen molar-refractivity contribution in [3.8, 4) is 11.5 Å². The second kappa shape index (κ2) is 11.1. The molecule has 0 saturated carbocycles. The van der Waals surface area contributed by atoms with E-state index in [9.17, 15) is 14.4 Å². The third kappa shape index (κ3) is 5.26. The van der Waals surface area contributed by atoms with Crippen LogP contribution in [0.2, 0.25) is 0 Å². The summed E-state index contributed by atoms with van der Waals surface area (Å²) in [6.45, 7) is 7.34. The minimum Gasteiger partial charge on any atom is -0.493 e. The lowest BCUT2D eigenvalue weighted by molar-refractivity contribution is 0.0631. The number of imide groups is 1. The van der Waals surface area contributed by atoms with E-state index < -0.39 is 17.7 Å². The Morgan fingerprint density at radius 2 is 1.78 bits per heavy atom. The average Bonchev–Trinajstić information content (AvgIpc) is 3.49. The Hall–Kier alpha value is -4.11. The number of rotatable bonds is 11. The molecule has 9 nitrogen and oxygen atoms in total. The number of anilines is 1. The molecular formula is C27H29N3O6. The van der Waals surface area contributed by atoms with Gasteiger partial charge in [-0.15, -0.1) is 0 Å². The van der Waals surface area contributed by atoms with E-state index in [4.69, 9.17) is 13.9 Å². The van der Waals surface area contributed by atoms with Crippen molar-refractivity contribution < 1.29 is 28.3 Å². The lowest BCUT2D eigenvalue weighted by Crippen LogP contribution is -2.28. The van der Waals surface area contributed by atoms with Gasteiger partial charge in [-0.05, 0) is 55.6 Å². The van der Waals surface area contributed by atoms with Crippen LogP contribution >= 0.6 is 0 Å². The van der Waals surface area contributed by atoms with E-state index in [-0.39, 0.29) is 23.2 Å². The van der Waals surface area contributed by atoms with Gasteiger partial charge in [0.25, 0.3) is 17.7 Å². The van der Waals surface area contributed by atoms with Crippen molar-refractivity contribution in [1.29, 1.82) is 0 Å². The number of likely N-dealkylation sites (N-methyl/N-ethyl adjacent to an activating group) is 1. The molecule has 3 amide bonds. The molecule has 0 spiro atoms. The number of furan rings is 1. The van der Waals surface area contributed by atoms with E-state index in [1.54, 1.807) is 37.4 Å². The molecule has 2 aromatic carbocycles. The van der Waals surface area contributed by atoms with Gasteiger partial charge in [-0.3, -0.25) is 19.3 Å². The van der Waals surface area contributed by atoms with Gasteiger partial charge in [0.15, 0.2) is 11.5 Å². The highest BCUT2D eigenvalue weighted by molar-refractivity contribution is 6.22. The van der Waals surface area contributed by atoms with Gasteiger partial charge in [-0.25, -0.2) is 0 Å². The Balaban J connectivity index is 1.46. The first-order valence-electron chi connectivity index (χ1n) is 11.8. The summed E-state index contributed by atoms with van der Waals surface area (Å²) in [5, 5.41) is 2.83. The Kier molecular flexibility index (Phi) is 7.70. The Bertz CT molecular complexity index is 1250. The van der Waals surface area contributed by atoms with Gasteiger partial charge < -0.3 is 24.1 Å². The normalized spacial score (nSPS) is 12.7. The minimum atomic E-state index is -0.464. The van der Waals surface area contributed by atoms with Crippen LogP contribution in [0, 0.1) is 0 Å². The largest absolute Gasteiger partial charge is 0.493 e. The SMILES string of the molecule is CCN(CC)CCOc1cc(NC(=O)c2ccc3c(c2)C(=O)N(Cc2ccco2)C3=O)ccc1OC. The summed E-state index contributed by atoms with van der Waals surface area (Å²) in [6.07, 6.45) is 1.48. The standard InChI is InChI=1S/C27H29N3O6/c1-4-29(5-2)12-14-36-24-16-19(9-11-23(24)34-3)28-25(31)18-8-10-21-22(15-18)27(33)30(26(21)32)17-20-7-6-13-35-20/h6-11,13,15-16H,4-5,12,14,17H2,1-3H3,(H,28,31). The summed E-state index contributed by atoms with van der Waals surface area (Å²) in [6, 6.07) is 13.0. The number of nitrogens with one attached hydrogen (secondary N) is 1. The fourth-order valence-electron chi connectivity index (χ4n) is 4.03. The van der Waals surface area contributed by atoms with E-state index in [1.165, 1.54) is 24.5 Å². The third-order valence-electron chi connectivity index (χ3n) is 6.11. The van der Waals surface area contributed by atoms with Gasteiger partial charge >= 0.3 is 0 Å². The van der Waals surface area contributed by atoms with Crippen LogP contribution in [-0.4, -0.2) is 60.9 Å². The summed E-state index contributed by atoms with van der Waals surface area (Å²) in [7, 11) is 1.56. The van der Waals surface area contributed by atoms with Crippen LogP contribution in [0.5, 0.6) is 11.5 Å². The Labute approximate surface area is 209 Å². The molecule has 0 aliphatic carbocycles. The summed E-state index contributed by atoms with van der Waals surface area (Å²) < 4.78 is 16.6. The number of carbonyl (C=O) groups is 3. The van der Waals surface area contributed by atoms with Gasteiger partial charge in [0.1, 0.15) is 12.4 Å². The number of nitrogens with zero attached hydrogens (tertiary/aromatic N) is 2. The highest BCUT2D eigenvalue weighted by atomic mass is 16.5. The van der Waals surface area contributed by atoms with Gasteiger partial charge in [0.2, 0.25) is 0 Å². The zero-order valence-corrected chi connectivity index (χ0v) is 20.6. The first-order valence-corrected chi connectivity index (χ1v) is 11.8. The molecule has 2 heterocycles. The van der Waals surface area contributed by atoms with E-state index in [0.29, 0.717) is 29.6 Å². The van der Waals surface area contributed by atoms with Crippen molar-refractivity contribution >= 4 is 23.4 Å². The average molecular weight is 492 g/mol. The Morgan fingerprint density at radius 1 is 1.00 bits per heavy atom. The molecule has 36 heavy (non-hydrogen) atoms. The van der Waals surface area contributed by atoms with Crippen LogP contribution in [-0.2, 0) is 6.54 Å². The molecule has 0 unspecified atom stereocenters. The monoisotopic (exact) mass is 491 g/mol. The van der Waals surface area contributed by atoms with Crippen LogP contribution < -0.4 is 14.8 Å². The molecule has 0 saturated heterocycles. The van der Waals surface area contributed by atoms with Crippen LogP contribution in [0.25, 0.3) is 0 Å². The number of hydrogen-bond acceptors (Lipinski definition) is 7. The molecule has 9 heteroatoms. The lowest BCUT2D eigenvalue weighted by Gasteiger charge is -2.19. The molecule has 0 fully saturated rings. The lowest BCUT2D eigenvalue weighted by atomic mass is 10.1. The summed E-state index contributed by atoms with van der Waals surface area (Å²) >= 11 is 0. The molecular weight excluding hydrogens is 462 g/mol. The fourth-order valence-corrected chi connectivity index (χ4v) is 4.03. The fraction of sp³-hybridized carbons (Fsp3) is 0.296. The van der Waals surface area contributed by atoms with Crippen LogP contribution in [0.3, 0.4) is 0 Å². The van der Waals surface area contributed by atoms with E-state index in [0.717, 1.165) is 24.5 Å². The van der Waals surface area contributed by atoms with Crippen LogP contribution in [0.4, 0.5) is 5.69 Å². The topological polar surface area (TPSA) is 101 Å². The van der Waals surface area contributed by atoms with E-state index in [2.05, 4.69) is 24.1 Å². The van der Waals surface area contributed by atoms with Crippen LogP contribution in [0.15, 0.2) is 59.2 Å². The number of benzene rings is 2. The smallest absolute Gasteiger partial charge is 0.261 e. The molecule has 3 aromatic rings. The van der Waals surface area contributed by atoms with Gasteiger partial charge in [-0.2, -0.15) is 0 Å². The number of hydrogen-bond donors (Lipinski definition) is 1. The number of ether oxygens (including phenoxy) is 2. The third-order valence-corrected chi connectivity index (χ3v) is 6.11. The van der Waals surface area contributed by atoms with Crippen molar-refractivity contribution in [1.82, 2.24) is 9.80 Å². The molecule has 1 aromatic heterocycles. The highest BCUT2D eigenvalue weighted by Gasteiger charge is 2.36.